The first-order valence-corrected chi connectivity index (χ1v) is 13.1. The van der Waals surface area contributed by atoms with Crippen LogP contribution in [0, 0.1) is 5.82 Å². The molecule has 7 nitrogen and oxygen atoms in total. The third-order valence-corrected chi connectivity index (χ3v) is 6.63. The van der Waals surface area contributed by atoms with Crippen molar-refractivity contribution in [3.05, 3.63) is 63.3 Å². The van der Waals surface area contributed by atoms with Gasteiger partial charge in [-0.3, -0.25) is 13.9 Å². The number of nitrogens with one attached hydrogen (secondary N) is 1. The van der Waals surface area contributed by atoms with Crippen molar-refractivity contribution in [1.29, 1.82) is 0 Å². The molecule has 0 saturated heterocycles. The highest BCUT2D eigenvalue weighted by molar-refractivity contribution is 9.10. The number of rotatable bonds is 9. The third kappa shape index (κ3) is 7.68. The molecule has 0 aliphatic carbocycles. The van der Waals surface area contributed by atoms with E-state index in [-0.39, 0.29) is 29.2 Å². The van der Waals surface area contributed by atoms with E-state index in [1.165, 1.54) is 11.0 Å². The van der Waals surface area contributed by atoms with E-state index < -0.39 is 34.3 Å². The molecule has 180 valence electrons. The summed E-state index contributed by atoms with van der Waals surface area (Å²) in [5.74, 6) is -1.69. The lowest BCUT2D eigenvalue weighted by atomic mass is 10.1. The molecule has 2 rings (SSSR count). The predicted molar refractivity (Wildman–Crippen MR) is 131 cm³/mol. The molecule has 0 aromatic heterocycles. The molecule has 0 aliphatic heterocycles. The molecule has 2 amide bonds. The van der Waals surface area contributed by atoms with Gasteiger partial charge in [0.15, 0.2) is 0 Å². The summed E-state index contributed by atoms with van der Waals surface area (Å²) in [5.41, 5.74) is 0.789. The Bertz CT molecular complexity index is 1130. The molecule has 0 fully saturated rings. The van der Waals surface area contributed by atoms with E-state index in [9.17, 15) is 22.4 Å². The van der Waals surface area contributed by atoms with Crippen LogP contribution in [-0.4, -0.2) is 50.0 Å². The van der Waals surface area contributed by atoms with Gasteiger partial charge in [0.25, 0.3) is 0 Å². The maximum atomic E-state index is 13.6. The second kappa shape index (κ2) is 11.3. The fourth-order valence-corrected chi connectivity index (χ4v) is 4.54. The number of benzene rings is 2. The van der Waals surface area contributed by atoms with E-state index in [0.29, 0.717) is 0 Å². The van der Waals surface area contributed by atoms with Crippen molar-refractivity contribution < 1.29 is 22.4 Å². The fourth-order valence-electron chi connectivity index (χ4n) is 3.07. The maximum absolute atomic E-state index is 13.6. The molecule has 2 aromatic carbocycles. The van der Waals surface area contributed by atoms with Crippen LogP contribution in [0.5, 0.6) is 0 Å². The topological polar surface area (TPSA) is 86.8 Å². The average Bonchev–Trinajstić information content (AvgIpc) is 2.70. The molecule has 1 N–H and O–H groups in total. The molecular weight excluding hydrogens is 537 g/mol. The Morgan fingerprint density at radius 2 is 1.82 bits per heavy atom. The van der Waals surface area contributed by atoms with Crippen LogP contribution in [0.1, 0.15) is 26.3 Å². The van der Waals surface area contributed by atoms with Crippen LogP contribution < -0.4 is 9.62 Å². The molecule has 1 atom stereocenters. The van der Waals surface area contributed by atoms with Crippen LogP contribution in [0.15, 0.2) is 46.9 Å². The Hall–Kier alpha value is -2.17. The Morgan fingerprint density at radius 3 is 2.36 bits per heavy atom. The zero-order valence-electron chi connectivity index (χ0n) is 18.7. The summed E-state index contributed by atoms with van der Waals surface area (Å²) < 4.78 is 40.2. The summed E-state index contributed by atoms with van der Waals surface area (Å²) in [4.78, 5) is 27.4. The number of sulfonamides is 1. The Labute approximate surface area is 207 Å². The first-order valence-electron chi connectivity index (χ1n) is 10.1. The van der Waals surface area contributed by atoms with Crippen molar-refractivity contribution >= 4 is 55.1 Å². The lowest BCUT2D eigenvalue weighted by molar-refractivity contribution is -0.139. The van der Waals surface area contributed by atoms with E-state index in [4.69, 9.17) is 11.6 Å². The van der Waals surface area contributed by atoms with Crippen LogP contribution in [0.2, 0.25) is 5.02 Å². The smallest absolute Gasteiger partial charge is 0.244 e. The van der Waals surface area contributed by atoms with Crippen LogP contribution in [0.3, 0.4) is 0 Å². The van der Waals surface area contributed by atoms with Crippen LogP contribution in [0.25, 0.3) is 0 Å². The van der Waals surface area contributed by atoms with Crippen LogP contribution >= 0.6 is 27.5 Å². The van der Waals surface area contributed by atoms with Gasteiger partial charge in [-0.1, -0.05) is 39.7 Å². The van der Waals surface area contributed by atoms with E-state index in [1.54, 1.807) is 39.0 Å². The SMILES string of the molecule is CC(C)NC(=O)[C@H](C)N(Cc1cccc(Br)c1)C(=O)CN(c1ccc(F)c(Cl)c1)S(C)(=O)=O. The van der Waals surface area contributed by atoms with Crippen molar-refractivity contribution in [1.82, 2.24) is 10.2 Å². The van der Waals surface area contributed by atoms with Gasteiger partial charge in [-0.2, -0.15) is 0 Å². The molecule has 0 spiro atoms. The number of hydrogen-bond acceptors (Lipinski definition) is 4. The number of hydrogen-bond donors (Lipinski definition) is 1. The molecule has 11 heteroatoms. The number of halogens is 3. The van der Waals surface area contributed by atoms with Gasteiger partial charge in [0.1, 0.15) is 18.4 Å². The standard InChI is InChI=1S/C22H26BrClFN3O4S/c1-14(2)26-22(30)15(3)27(12-16-6-5-7-17(23)10-16)21(29)13-28(33(4,31)32)18-8-9-20(25)19(24)11-18/h5-11,14-15H,12-13H2,1-4H3,(H,26,30)/t15-/m0/s1. The summed E-state index contributed by atoms with van der Waals surface area (Å²) in [6, 6.07) is 9.60. The quantitative estimate of drug-likeness (QED) is 0.501. The Kier molecular flexibility index (Phi) is 9.28. The number of carbonyl (C=O) groups excluding carboxylic acids is 2. The molecule has 33 heavy (non-hydrogen) atoms. The largest absolute Gasteiger partial charge is 0.352 e. The van der Waals surface area contributed by atoms with Crippen molar-refractivity contribution in [2.75, 3.05) is 17.1 Å². The van der Waals surface area contributed by atoms with Crippen molar-refractivity contribution in [3.8, 4) is 0 Å². The van der Waals surface area contributed by atoms with E-state index in [0.717, 1.165) is 32.7 Å². The van der Waals surface area contributed by atoms with Crippen molar-refractivity contribution in [3.63, 3.8) is 0 Å². The summed E-state index contributed by atoms with van der Waals surface area (Å²) in [7, 11) is -3.92. The van der Waals surface area contributed by atoms with E-state index in [1.807, 2.05) is 6.07 Å². The summed E-state index contributed by atoms with van der Waals surface area (Å²) in [6.45, 7) is 4.66. The molecule has 0 bridgehead atoms. The predicted octanol–water partition coefficient (Wildman–Crippen LogP) is 3.95. The van der Waals surface area contributed by atoms with E-state index in [2.05, 4.69) is 21.2 Å². The highest BCUT2D eigenvalue weighted by Gasteiger charge is 2.30. The van der Waals surface area contributed by atoms with Gasteiger partial charge in [-0.05, 0) is 56.7 Å². The molecule has 0 unspecified atom stereocenters. The molecular formula is C22H26BrClFN3O4S. The Balaban J connectivity index is 2.41. The minimum atomic E-state index is -3.92. The summed E-state index contributed by atoms with van der Waals surface area (Å²) >= 11 is 9.20. The molecule has 0 aliphatic rings. The average molecular weight is 563 g/mol. The monoisotopic (exact) mass is 561 g/mol. The lowest BCUT2D eigenvalue weighted by Crippen LogP contribution is -2.52. The third-order valence-electron chi connectivity index (χ3n) is 4.71. The van der Waals surface area contributed by atoms with Gasteiger partial charge >= 0.3 is 0 Å². The first kappa shape index (κ1) is 27.1. The number of nitrogens with zero attached hydrogens (tertiary/aromatic N) is 2. The highest BCUT2D eigenvalue weighted by atomic mass is 79.9. The second-order valence-electron chi connectivity index (χ2n) is 7.86. The normalized spacial score (nSPS) is 12.4. The number of carbonyl (C=O) groups is 2. The van der Waals surface area contributed by atoms with Gasteiger partial charge in [0, 0.05) is 17.1 Å². The maximum Gasteiger partial charge on any atom is 0.244 e. The van der Waals surface area contributed by atoms with Crippen molar-refractivity contribution in [2.24, 2.45) is 0 Å². The Morgan fingerprint density at radius 1 is 1.15 bits per heavy atom. The van der Waals surface area contributed by atoms with E-state index >= 15 is 0 Å². The minimum absolute atomic E-state index is 0.0407. The van der Waals surface area contributed by atoms with Gasteiger partial charge in [-0.15, -0.1) is 0 Å². The number of amides is 2. The van der Waals surface area contributed by atoms with Crippen molar-refractivity contribution in [2.45, 2.75) is 39.4 Å². The minimum Gasteiger partial charge on any atom is -0.352 e. The summed E-state index contributed by atoms with van der Waals surface area (Å²) in [6.07, 6.45) is 0.936. The fraction of sp³-hybridized carbons (Fsp3) is 0.364. The molecule has 0 radical (unpaired) electrons. The number of anilines is 1. The molecule has 2 aromatic rings. The van der Waals surface area contributed by atoms with Crippen LogP contribution in [0.4, 0.5) is 10.1 Å². The zero-order chi connectivity index (χ0) is 24.9. The lowest BCUT2D eigenvalue weighted by Gasteiger charge is -2.32. The molecule has 0 saturated carbocycles. The first-order chi connectivity index (χ1) is 15.3. The highest BCUT2D eigenvalue weighted by Crippen LogP contribution is 2.25. The van der Waals surface area contributed by atoms with Gasteiger partial charge < -0.3 is 10.2 Å². The molecule has 0 heterocycles. The zero-order valence-corrected chi connectivity index (χ0v) is 21.8. The van der Waals surface area contributed by atoms with Gasteiger partial charge in [-0.25, -0.2) is 12.8 Å². The second-order valence-corrected chi connectivity index (χ2v) is 11.1. The van der Waals surface area contributed by atoms with Crippen LogP contribution in [-0.2, 0) is 26.2 Å². The summed E-state index contributed by atoms with van der Waals surface area (Å²) in [5, 5.41) is 2.50. The van der Waals surface area contributed by atoms with Gasteiger partial charge in [0.2, 0.25) is 21.8 Å². The van der Waals surface area contributed by atoms with Gasteiger partial charge in [0.05, 0.1) is 17.0 Å².